The summed E-state index contributed by atoms with van der Waals surface area (Å²) in [5, 5.41) is 3.07. The van der Waals surface area contributed by atoms with Crippen molar-refractivity contribution in [2.75, 3.05) is 18.8 Å². The summed E-state index contributed by atoms with van der Waals surface area (Å²) in [6.07, 6.45) is 1.40. The van der Waals surface area contributed by atoms with Crippen LogP contribution in [0.2, 0.25) is 0 Å². The lowest BCUT2D eigenvalue weighted by Gasteiger charge is -2.33. The summed E-state index contributed by atoms with van der Waals surface area (Å²) in [4.78, 5) is 11.6. The molecule has 0 aromatic carbocycles. The first kappa shape index (κ1) is 15.4. The minimum Gasteiger partial charge on any atom is -0.459 e. The lowest BCUT2D eigenvalue weighted by molar-refractivity contribution is -0.151. The molecule has 1 aliphatic rings. The van der Waals surface area contributed by atoms with Crippen LogP contribution in [-0.4, -0.2) is 43.6 Å². The highest BCUT2D eigenvalue weighted by Crippen LogP contribution is 2.26. The average Bonchev–Trinajstić information content (AvgIpc) is 2.14. The Morgan fingerprint density at radius 3 is 2.44 bits per heavy atom. The van der Waals surface area contributed by atoms with Crippen molar-refractivity contribution in [2.45, 2.75) is 50.9 Å². The van der Waals surface area contributed by atoms with Gasteiger partial charge in [-0.05, 0) is 47.1 Å². The lowest BCUT2D eigenvalue weighted by atomic mass is 10.0. The van der Waals surface area contributed by atoms with Crippen LogP contribution in [0.15, 0.2) is 0 Å². The molecule has 0 aromatic heterocycles. The fourth-order valence-electron chi connectivity index (χ4n) is 1.99. The van der Waals surface area contributed by atoms with E-state index in [-0.39, 0.29) is 0 Å². The van der Waals surface area contributed by atoms with Gasteiger partial charge >= 0.3 is 5.97 Å². The molecule has 1 fully saturated rings. The van der Waals surface area contributed by atoms with Crippen molar-refractivity contribution in [3.05, 3.63) is 0 Å². The number of rotatable bonds is 3. The molecule has 0 amide bonds. The SMILES string of the molecule is CC(C)(C)OC(=O)CS(=O)(=O)C1(C)CCCNC1. The van der Waals surface area contributed by atoms with Gasteiger partial charge in [-0.25, -0.2) is 8.42 Å². The van der Waals surface area contributed by atoms with Crippen LogP contribution in [0.4, 0.5) is 0 Å². The minimum atomic E-state index is -3.49. The highest BCUT2D eigenvalue weighted by Gasteiger charge is 2.41. The van der Waals surface area contributed by atoms with Gasteiger partial charge in [-0.3, -0.25) is 4.79 Å². The molecule has 6 heteroatoms. The van der Waals surface area contributed by atoms with E-state index in [0.717, 1.165) is 13.0 Å². The second-order valence-electron chi connectivity index (χ2n) is 6.08. The Bertz CT molecular complexity index is 402. The Hall–Kier alpha value is -0.620. The summed E-state index contributed by atoms with van der Waals surface area (Å²) < 4.78 is 28.7. The van der Waals surface area contributed by atoms with Gasteiger partial charge < -0.3 is 10.1 Å². The monoisotopic (exact) mass is 277 g/mol. The number of sulfone groups is 1. The van der Waals surface area contributed by atoms with Crippen molar-refractivity contribution in [2.24, 2.45) is 0 Å². The van der Waals surface area contributed by atoms with E-state index in [1.54, 1.807) is 27.7 Å². The molecule has 1 aliphatic heterocycles. The van der Waals surface area contributed by atoms with Gasteiger partial charge in [-0.1, -0.05) is 0 Å². The molecule has 1 N–H and O–H groups in total. The molecule has 1 rings (SSSR count). The number of piperidine rings is 1. The molecule has 0 bridgehead atoms. The largest absolute Gasteiger partial charge is 0.459 e. The summed E-state index contributed by atoms with van der Waals surface area (Å²) in [6, 6.07) is 0. The fraction of sp³-hybridized carbons (Fsp3) is 0.917. The van der Waals surface area contributed by atoms with E-state index in [1.807, 2.05) is 0 Å². The van der Waals surface area contributed by atoms with E-state index < -0.39 is 31.9 Å². The molecule has 0 saturated carbocycles. The van der Waals surface area contributed by atoms with E-state index in [0.29, 0.717) is 13.0 Å². The van der Waals surface area contributed by atoms with Crippen LogP contribution in [0.25, 0.3) is 0 Å². The van der Waals surface area contributed by atoms with Crippen molar-refractivity contribution in [1.29, 1.82) is 0 Å². The zero-order chi connectivity index (χ0) is 14.0. The molecule has 0 aliphatic carbocycles. The summed E-state index contributed by atoms with van der Waals surface area (Å²) in [7, 11) is -3.49. The van der Waals surface area contributed by atoms with Crippen LogP contribution in [0.1, 0.15) is 40.5 Å². The van der Waals surface area contributed by atoms with Crippen LogP contribution in [0.3, 0.4) is 0 Å². The van der Waals surface area contributed by atoms with Gasteiger partial charge in [0.25, 0.3) is 0 Å². The quantitative estimate of drug-likeness (QED) is 0.775. The molecular weight excluding hydrogens is 254 g/mol. The molecule has 1 heterocycles. The fourth-order valence-corrected chi connectivity index (χ4v) is 3.49. The molecule has 0 radical (unpaired) electrons. The summed E-state index contributed by atoms with van der Waals surface area (Å²) in [6.45, 7) is 8.10. The number of esters is 1. The van der Waals surface area contributed by atoms with Crippen molar-refractivity contribution >= 4 is 15.8 Å². The number of ether oxygens (including phenoxy) is 1. The van der Waals surface area contributed by atoms with Gasteiger partial charge in [0, 0.05) is 6.54 Å². The Morgan fingerprint density at radius 1 is 1.39 bits per heavy atom. The van der Waals surface area contributed by atoms with Gasteiger partial charge in [-0.2, -0.15) is 0 Å². The van der Waals surface area contributed by atoms with Crippen molar-refractivity contribution in [3.63, 3.8) is 0 Å². The van der Waals surface area contributed by atoms with Gasteiger partial charge in [0.15, 0.2) is 9.84 Å². The number of nitrogens with one attached hydrogen (secondary N) is 1. The average molecular weight is 277 g/mol. The third kappa shape index (κ3) is 3.95. The van der Waals surface area contributed by atoms with Crippen molar-refractivity contribution < 1.29 is 17.9 Å². The second kappa shape index (κ2) is 5.17. The highest BCUT2D eigenvalue weighted by atomic mass is 32.2. The molecule has 1 unspecified atom stereocenters. The number of carbonyl (C=O) groups is 1. The number of hydrogen-bond donors (Lipinski definition) is 1. The molecule has 0 spiro atoms. The molecule has 18 heavy (non-hydrogen) atoms. The van der Waals surface area contributed by atoms with Gasteiger partial charge in [-0.15, -0.1) is 0 Å². The Morgan fingerprint density at radius 2 is 2.00 bits per heavy atom. The van der Waals surface area contributed by atoms with Crippen molar-refractivity contribution in [1.82, 2.24) is 5.32 Å². The first-order valence-electron chi connectivity index (χ1n) is 6.21. The van der Waals surface area contributed by atoms with E-state index in [4.69, 9.17) is 4.74 Å². The molecule has 5 nitrogen and oxygen atoms in total. The van der Waals surface area contributed by atoms with Gasteiger partial charge in [0.1, 0.15) is 11.4 Å². The summed E-state index contributed by atoms with van der Waals surface area (Å²) in [5.74, 6) is -1.21. The maximum Gasteiger partial charge on any atom is 0.321 e. The van der Waals surface area contributed by atoms with E-state index >= 15 is 0 Å². The molecule has 1 atom stereocenters. The van der Waals surface area contributed by atoms with Crippen LogP contribution in [0.5, 0.6) is 0 Å². The van der Waals surface area contributed by atoms with Crippen LogP contribution < -0.4 is 5.32 Å². The zero-order valence-corrected chi connectivity index (χ0v) is 12.4. The lowest BCUT2D eigenvalue weighted by Crippen LogP contribution is -2.51. The predicted octanol–water partition coefficient (Wildman–Crippen LogP) is 0.885. The van der Waals surface area contributed by atoms with E-state index in [2.05, 4.69) is 5.32 Å². The topological polar surface area (TPSA) is 72.5 Å². The predicted molar refractivity (Wildman–Crippen MR) is 70.1 cm³/mol. The van der Waals surface area contributed by atoms with Gasteiger partial charge in [0.2, 0.25) is 0 Å². The highest BCUT2D eigenvalue weighted by molar-refractivity contribution is 7.93. The number of carbonyl (C=O) groups excluding carboxylic acids is 1. The first-order chi connectivity index (χ1) is 8.06. The van der Waals surface area contributed by atoms with Crippen molar-refractivity contribution in [3.8, 4) is 0 Å². The molecule has 106 valence electrons. The van der Waals surface area contributed by atoms with Crippen LogP contribution in [-0.2, 0) is 19.4 Å². The first-order valence-corrected chi connectivity index (χ1v) is 7.86. The minimum absolute atomic E-state index is 0.401. The molecule has 1 saturated heterocycles. The molecule has 0 aromatic rings. The normalized spacial score (nSPS) is 25.8. The zero-order valence-electron chi connectivity index (χ0n) is 11.6. The maximum absolute atomic E-state index is 12.3. The smallest absolute Gasteiger partial charge is 0.321 e. The summed E-state index contributed by atoms with van der Waals surface area (Å²) in [5.41, 5.74) is -0.654. The van der Waals surface area contributed by atoms with E-state index in [1.165, 1.54) is 0 Å². The molecular formula is C12H23NO4S. The number of hydrogen-bond acceptors (Lipinski definition) is 5. The third-order valence-corrected chi connectivity index (χ3v) is 5.50. The second-order valence-corrected chi connectivity index (χ2v) is 8.58. The Kier molecular flexibility index (Phi) is 4.43. The van der Waals surface area contributed by atoms with Crippen LogP contribution in [0, 0.1) is 0 Å². The van der Waals surface area contributed by atoms with Gasteiger partial charge in [0.05, 0.1) is 4.75 Å². The van der Waals surface area contributed by atoms with E-state index in [9.17, 15) is 13.2 Å². The Balaban J connectivity index is 2.72. The van der Waals surface area contributed by atoms with Crippen LogP contribution >= 0.6 is 0 Å². The summed E-state index contributed by atoms with van der Waals surface area (Å²) >= 11 is 0. The Labute approximate surface area is 109 Å². The maximum atomic E-state index is 12.3. The third-order valence-electron chi connectivity index (χ3n) is 3.04. The standard InChI is InChI=1S/C12H23NO4S/c1-11(2,3)17-10(14)8-18(15,16)12(4)6-5-7-13-9-12/h13H,5-9H2,1-4H3.